The van der Waals surface area contributed by atoms with Gasteiger partial charge in [-0.25, -0.2) is 4.79 Å². The first kappa shape index (κ1) is 12.9. The lowest BCUT2D eigenvalue weighted by Crippen LogP contribution is -2.10. The highest BCUT2D eigenvalue weighted by atomic mass is 32.2. The quantitative estimate of drug-likeness (QED) is 0.899. The molecule has 3 nitrogen and oxygen atoms in total. The van der Waals surface area contributed by atoms with Crippen molar-refractivity contribution in [2.75, 3.05) is 5.75 Å². The van der Waals surface area contributed by atoms with Crippen molar-refractivity contribution in [3.8, 4) is 0 Å². The maximum Gasteiger partial charge on any atom is 0.336 e. The number of carboxylic acids is 1. The van der Waals surface area contributed by atoms with Crippen LogP contribution in [0.25, 0.3) is 0 Å². The van der Waals surface area contributed by atoms with E-state index in [4.69, 9.17) is 0 Å². The van der Waals surface area contributed by atoms with Crippen molar-refractivity contribution < 1.29 is 14.1 Å². The summed E-state index contributed by atoms with van der Waals surface area (Å²) in [6, 6.07) is 3.62. The van der Waals surface area contributed by atoms with Gasteiger partial charge in [0.2, 0.25) is 0 Å². The highest BCUT2D eigenvalue weighted by molar-refractivity contribution is 7.85. The molecule has 0 aromatic heterocycles. The normalized spacial score (nSPS) is 20.3. The van der Waals surface area contributed by atoms with E-state index in [1.807, 2.05) is 13.0 Å². The van der Waals surface area contributed by atoms with Gasteiger partial charge in [0.1, 0.15) is 0 Å². The standard InChI is InChI=1S/C15H18O3S/c1-2-19(18)14-11(9-3-4-9)7-8-12(15(16)17)13(14)10-5-6-10/h7-10H,2-6H2,1H3,(H,16,17)/t19-/m1/s1. The van der Waals surface area contributed by atoms with Crippen LogP contribution in [0.4, 0.5) is 0 Å². The molecule has 0 bridgehead atoms. The lowest BCUT2D eigenvalue weighted by Gasteiger charge is -2.16. The van der Waals surface area contributed by atoms with E-state index in [-0.39, 0.29) is 0 Å². The van der Waals surface area contributed by atoms with Gasteiger partial charge < -0.3 is 5.11 Å². The predicted octanol–water partition coefficient (Wildman–Crippen LogP) is 3.27. The van der Waals surface area contributed by atoms with E-state index in [2.05, 4.69) is 0 Å². The molecule has 1 atom stereocenters. The first-order valence-corrected chi connectivity index (χ1v) is 8.23. The summed E-state index contributed by atoms with van der Waals surface area (Å²) < 4.78 is 12.4. The van der Waals surface area contributed by atoms with E-state index in [1.54, 1.807) is 6.07 Å². The van der Waals surface area contributed by atoms with Crippen LogP contribution >= 0.6 is 0 Å². The van der Waals surface area contributed by atoms with E-state index < -0.39 is 16.8 Å². The molecule has 0 saturated heterocycles. The van der Waals surface area contributed by atoms with Crippen molar-refractivity contribution in [1.82, 2.24) is 0 Å². The molecule has 0 spiro atoms. The number of rotatable bonds is 5. The molecule has 1 aromatic carbocycles. The minimum atomic E-state index is -1.06. The van der Waals surface area contributed by atoms with Crippen LogP contribution in [0.5, 0.6) is 0 Å². The van der Waals surface area contributed by atoms with Gasteiger partial charge in [-0.2, -0.15) is 0 Å². The molecular weight excluding hydrogens is 260 g/mol. The Morgan fingerprint density at radius 2 is 1.89 bits per heavy atom. The summed E-state index contributed by atoms with van der Waals surface area (Å²) in [4.78, 5) is 12.3. The largest absolute Gasteiger partial charge is 0.478 e. The van der Waals surface area contributed by atoms with Gasteiger partial charge in [-0.05, 0) is 54.7 Å². The zero-order chi connectivity index (χ0) is 13.6. The van der Waals surface area contributed by atoms with Crippen molar-refractivity contribution in [3.05, 3.63) is 28.8 Å². The van der Waals surface area contributed by atoms with Crippen LogP contribution in [-0.2, 0) is 10.8 Å². The number of carboxylic acid groups (broad SMARTS) is 1. The molecule has 0 unspecified atom stereocenters. The van der Waals surface area contributed by atoms with E-state index >= 15 is 0 Å². The molecular formula is C15H18O3S. The minimum absolute atomic E-state index is 0.315. The summed E-state index contributed by atoms with van der Waals surface area (Å²) in [7, 11) is -1.06. The molecule has 102 valence electrons. The molecule has 4 heteroatoms. The summed E-state index contributed by atoms with van der Waals surface area (Å²) in [6.45, 7) is 1.90. The topological polar surface area (TPSA) is 54.4 Å². The Balaban J connectivity index is 2.21. The van der Waals surface area contributed by atoms with Crippen molar-refractivity contribution in [2.45, 2.75) is 49.3 Å². The van der Waals surface area contributed by atoms with Crippen LogP contribution in [0.3, 0.4) is 0 Å². The van der Waals surface area contributed by atoms with E-state index in [1.165, 1.54) is 0 Å². The van der Waals surface area contributed by atoms with Gasteiger partial charge in [0.25, 0.3) is 0 Å². The van der Waals surface area contributed by atoms with Crippen LogP contribution < -0.4 is 0 Å². The second kappa shape index (κ2) is 4.75. The van der Waals surface area contributed by atoms with Gasteiger partial charge in [0.05, 0.1) is 16.4 Å². The van der Waals surface area contributed by atoms with Crippen LogP contribution in [0.2, 0.25) is 0 Å². The average molecular weight is 278 g/mol. The molecule has 2 fully saturated rings. The third-order valence-electron chi connectivity index (χ3n) is 3.95. The molecule has 2 aliphatic carbocycles. The predicted molar refractivity (Wildman–Crippen MR) is 74.3 cm³/mol. The Morgan fingerprint density at radius 3 is 2.37 bits per heavy atom. The maximum atomic E-state index is 12.4. The van der Waals surface area contributed by atoms with Crippen LogP contribution in [0.15, 0.2) is 17.0 Å². The highest BCUT2D eigenvalue weighted by Crippen LogP contribution is 2.49. The molecule has 1 N–H and O–H groups in total. The second-order valence-corrected chi connectivity index (χ2v) is 7.11. The Bertz CT molecular complexity index is 557. The molecule has 0 heterocycles. The highest BCUT2D eigenvalue weighted by Gasteiger charge is 2.36. The molecule has 2 aliphatic rings. The summed E-state index contributed by atoms with van der Waals surface area (Å²) in [5.41, 5.74) is 2.38. The zero-order valence-electron chi connectivity index (χ0n) is 11.0. The zero-order valence-corrected chi connectivity index (χ0v) is 11.8. The van der Waals surface area contributed by atoms with Gasteiger partial charge in [-0.3, -0.25) is 4.21 Å². The van der Waals surface area contributed by atoms with E-state index in [9.17, 15) is 14.1 Å². The first-order chi connectivity index (χ1) is 9.13. The summed E-state index contributed by atoms with van der Waals surface area (Å²) >= 11 is 0. The monoisotopic (exact) mass is 278 g/mol. The molecule has 0 radical (unpaired) electrons. The van der Waals surface area contributed by atoms with E-state index in [0.717, 1.165) is 41.7 Å². The average Bonchev–Trinajstić information content (AvgIpc) is 3.29. The van der Waals surface area contributed by atoms with Gasteiger partial charge in [0.15, 0.2) is 0 Å². The molecule has 0 amide bonds. The van der Waals surface area contributed by atoms with Crippen LogP contribution in [-0.4, -0.2) is 21.0 Å². The van der Waals surface area contributed by atoms with Gasteiger partial charge in [-0.1, -0.05) is 13.0 Å². The number of aromatic carboxylic acids is 1. The van der Waals surface area contributed by atoms with Crippen molar-refractivity contribution >= 4 is 16.8 Å². The van der Waals surface area contributed by atoms with Crippen molar-refractivity contribution in [1.29, 1.82) is 0 Å². The lowest BCUT2D eigenvalue weighted by atomic mass is 9.98. The summed E-state index contributed by atoms with van der Waals surface area (Å²) in [6.07, 6.45) is 4.35. The minimum Gasteiger partial charge on any atom is -0.478 e. The Kier molecular flexibility index (Phi) is 3.21. The Labute approximate surface area is 115 Å². The third-order valence-corrected chi connectivity index (χ3v) is 5.38. The van der Waals surface area contributed by atoms with Crippen LogP contribution in [0.1, 0.15) is 65.9 Å². The van der Waals surface area contributed by atoms with E-state index in [0.29, 0.717) is 23.2 Å². The van der Waals surface area contributed by atoms with Gasteiger partial charge in [0, 0.05) is 10.6 Å². The number of carbonyl (C=O) groups is 1. The van der Waals surface area contributed by atoms with Crippen molar-refractivity contribution in [3.63, 3.8) is 0 Å². The molecule has 0 aliphatic heterocycles. The summed E-state index contributed by atoms with van der Waals surface area (Å²) in [5, 5.41) is 9.37. The first-order valence-electron chi connectivity index (χ1n) is 6.92. The fourth-order valence-corrected chi connectivity index (χ4v) is 4.00. The fraction of sp³-hybridized carbons (Fsp3) is 0.533. The van der Waals surface area contributed by atoms with Gasteiger partial charge in [-0.15, -0.1) is 0 Å². The SMILES string of the molecule is CC[S@@](=O)c1c(C2CC2)ccc(C(=O)O)c1C1CC1. The Morgan fingerprint density at radius 1 is 1.26 bits per heavy atom. The molecule has 3 rings (SSSR count). The van der Waals surface area contributed by atoms with Crippen LogP contribution in [0, 0.1) is 0 Å². The lowest BCUT2D eigenvalue weighted by molar-refractivity contribution is 0.0695. The smallest absolute Gasteiger partial charge is 0.336 e. The maximum absolute atomic E-state index is 12.4. The fourth-order valence-electron chi connectivity index (χ4n) is 2.69. The number of hydrogen-bond acceptors (Lipinski definition) is 2. The summed E-state index contributed by atoms with van der Waals surface area (Å²) in [5.74, 6) is 0.488. The molecule has 2 saturated carbocycles. The molecule has 19 heavy (non-hydrogen) atoms. The third kappa shape index (κ3) is 2.34. The van der Waals surface area contributed by atoms with Crippen molar-refractivity contribution in [2.24, 2.45) is 0 Å². The number of benzene rings is 1. The molecule has 1 aromatic rings. The number of hydrogen-bond donors (Lipinski definition) is 1. The van der Waals surface area contributed by atoms with Gasteiger partial charge >= 0.3 is 5.97 Å². The Hall–Kier alpha value is -1.16. The second-order valence-electron chi connectivity index (χ2n) is 5.43.